The molecule has 0 amide bonds. The van der Waals surface area contributed by atoms with E-state index in [1.165, 1.54) is 0 Å². The minimum atomic E-state index is 0.255. The van der Waals surface area contributed by atoms with Crippen molar-refractivity contribution in [1.29, 1.82) is 0 Å². The Morgan fingerprint density at radius 1 is 1.14 bits per heavy atom. The third-order valence-electron chi connectivity index (χ3n) is 3.32. The van der Waals surface area contributed by atoms with Crippen LogP contribution in [0.15, 0.2) is 42.6 Å². The molecular weight excluding hydrogens is 260 g/mol. The van der Waals surface area contributed by atoms with Crippen LogP contribution in [0.4, 0.5) is 0 Å². The van der Waals surface area contributed by atoms with Gasteiger partial charge >= 0.3 is 0 Å². The standard InChI is InChI=1S/C17H26N4/c1-17(2,14-20(3)4)13-18-12-15-10-11-21(19-15)16-8-6-5-7-9-16/h5-11,18H,12-14H2,1-4H3. The zero-order valence-electron chi connectivity index (χ0n) is 13.5. The van der Waals surface area contributed by atoms with Crippen LogP contribution in [-0.2, 0) is 6.54 Å². The second-order valence-corrected chi connectivity index (χ2v) is 6.59. The quantitative estimate of drug-likeness (QED) is 0.849. The number of benzene rings is 1. The molecule has 0 radical (unpaired) electrons. The highest BCUT2D eigenvalue weighted by Gasteiger charge is 2.18. The number of aromatic nitrogens is 2. The Labute approximate surface area is 127 Å². The molecule has 4 heteroatoms. The first-order valence-corrected chi connectivity index (χ1v) is 7.42. The Morgan fingerprint density at radius 3 is 2.52 bits per heavy atom. The fourth-order valence-electron chi connectivity index (χ4n) is 2.62. The molecule has 0 bridgehead atoms. The average molecular weight is 286 g/mol. The maximum Gasteiger partial charge on any atom is 0.0766 e. The van der Waals surface area contributed by atoms with E-state index in [-0.39, 0.29) is 5.41 Å². The first kappa shape index (κ1) is 15.7. The van der Waals surface area contributed by atoms with Crippen LogP contribution in [0.1, 0.15) is 19.5 Å². The molecule has 0 aliphatic heterocycles. The van der Waals surface area contributed by atoms with Gasteiger partial charge in [0.15, 0.2) is 0 Å². The monoisotopic (exact) mass is 286 g/mol. The van der Waals surface area contributed by atoms with Crippen LogP contribution in [0, 0.1) is 5.41 Å². The van der Waals surface area contributed by atoms with Gasteiger partial charge in [0.2, 0.25) is 0 Å². The van der Waals surface area contributed by atoms with Gasteiger partial charge in [-0.1, -0.05) is 32.0 Å². The molecule has 0 unspecified atom stereocenters. The second-order valence-electron chi connectivity index (χ2n) is 6.59. The third kappa shape index (κ3) is 4.99. The maximum absolute atomic E-state index is 4.60. The Bertz CT molecular complexity index is 543. The first-order valence-electron chi connectivity index (χ1n) is 7.42. The number of hydrogen-bond donors (Lipinski definition) is 1. The van der Waals surface area contributed by atoms with Gasteiger partial charge in [0.05, 0.1) is 11.4 Å². The molecule has 0 spiro atoms. The fourth-order valence-corrected chi connectivity index (χ4v) is 2.62. The van der Waals surface area contributed by atoms with Gasteiger partial charge < -0.3 is 10.2 Å². The minimum absolute atomic E-state index is 0.255. The lowest BCUT2D eigenvalue weighted by atomic mass is 9.93. The van der Waals surface area contributed by atoms with Crippen LogP contribution in [0.5, 0.6) is 0 Å². The van der Waals surface area contributed by atoms with Gasteiger partial charge in [0, 0.05) is 25.8 Å². The zero-order chi connectivity index (χ0) is 15.3. The Morgan fingerprint density at radius 2 is 1.86 bits per heavy atom. The molecule has 1 aromatic heterocycles. The van der Waals surface area contributed by atoms with Crippen molar-refractivity contribution in [2.45, 2.75) is 20.4 Å². The van der Waals surface area contributed by atoms with E-state index in [4.69, 9.17) is 0 Å². The van der Waals surface area contributed by atoms with Crippen LogP contribution in [-0.4, -0.2) is 41.9 Å². The molecule has 0 saturated carbocycles. The molecule has 0 atom stereocenters. The van der Waals surface area contributed by atoms with Gasteiger partial charge in [0.25, 0.3) is 0 Å². The Hall–Kier alpha value is -1.65. The van der Waals surface area contributed by atoms with Crippen LogP contribution >= 0.6 is 0 Å². The SMILES string of the molecule is CN(C)CC(C)(C)CNCc1ccn(-c2ccccc2)n1. The molecule has 0 aliphatic rings. The van der Waals surface area contributed by atoms with E-state index in [0.717, 1.165) is 31.0 Å². The summed E-state index contributed by atoms with van der Waals surface area (Å²) >= 11 is 0. The van der Waals surface area contributed by atoms with Crippen LogP contribution in [0.25, 0.3) is 5.69 Å². The van der Waals surface area contributed by atoms with E-state index in [0.29, 0.717) is 0 Å². The summed E-state index contributed by atoms with van der Waals surface area (Å²) < 4.78 is 1.92. The van der Waals surface area contributed by atoms with Crippen LogP contribution < -0.4 is 5.32 Å². The van der Waals surface area contributed by atoms with E-state index in [2.05, 4.69) is 61.5 Å². The molecule has 1 N–H and O–H groups in total. The first-order chi connectivity index (χ1) is 9.96. The van der Waals surface area contributed by atoms with Crippen molar-refractivity contribution in [3.8, 4) is 5.69 Å². The summed E-state index contributed by atoms with van der Waals surface area (Å²) in [6.45, 7) is 7.41. The van der Waals surface area contributed by atoms with Gasteiger partial charge in [-0.15, -0.1) is 0 Å². The largest absolute Gasteiger partial charge is 0.311 e. The highest BCUT2D eigenvalue weighted by Crippen LogP contribution is 2.14. The highest BCUT2D eigenvalue weighted by molar-refractivity contribution is 5.30. The molecule has 21 heavy (non-hydrogen) atoms. The predicted molar refractivity (Wildman–Crippen MR) is 87.6 cm³/mol. The van der Waals surface area contributed by atoms with Gasteiger partial charge in [-0.2, -0.15) is 5.10 Å². The molecule has 0 aliphatic carbocycles. The topological polar surface area (TPSA) is 33.1 Å². The third-order valence-corrected chi connectivity index (χ3v) is 3.32. The number of rotatable bonds is 7. The number of nitrogens with zero attached hydrogens (tertiary/aromatic N) is 3. The van der Waals surface area contributed by atoms with E-state index in [1.807, 2.05) is 29.1 Å². The van der Waals surface area contributed by atoms with E-state index < -0.39 is 0 Å². The van der Waals surface area contributed by atoms with Crippen molar-refractivity contribution in [2.75, 3.05) is 27.2 Å². The second kappa shape index (κ2) is 6.87. The average Bonchev–Trinajstić information content (AvgIpc) is 2.87. The zero-order valence-corrected chi connectivity index (χ0v) is 13.5. The summed E-state index contributed by atoms with van der Waals surface area (Å²) in [7, 11) is 4.23. The van der Waals surface area contributed by atoms with Gasteiger partial charge in [-0.05, 0) is 37.7 Å². The molecule has 0 saturated heterocycles. The summed E-state index contributed by atoms with van der Waals surface area (Å²) in [4.78, 5) is 2.23. The van der Waals surface area contributed by atoms with Gasteiger partial charge in [-0.25, -0.2) is 4.68 Å². The number of para-hydroxylation sites is 1. The van der Waals surface area contributed by atoms with Crippen molar-refractivity contribution >= 4 is 0 Å². The van der Waals surface area contributed by atoms with Crippen molar-refractivity contribution < 1.29 is 0 Å². The van der Waals surface area contributed by atoms with Crippen molar-refractivity contribution in [1.82, 2.24) is 20.0 Å². The molecule has 114 valence electrons. The molecule has 2 rings (SSSR count). The minimum Gasteiger partial charge on any atom is -0.311 e. The smallest absolute Gasteiger partial charge is 0.0766 e. The molecule has 0 fully saturated rings. The lowest BCUT2D eigenvalue weighted by Gasteiger charge is -2.28. The fraction of sp³-hybridized carbons (Fsp3) is 0.471. The Balaban J connectivity index is 1.86. The lowest BCUT2D eigenvalue weighted by Crippen LogP contribution is -2.37. The lowest BCUT2D eigenvalue weighted by molar-refractivity contribution is 0.232. The molecule has 1 aromatic carbocycles. The maximum atomic E-state index is 4.60. The Kier molecular flexibility index (Phi) is 5.15. The summed E-state index contributed by atoms with van der Waals surface area (Å²) in [5, 5.41) is 8.11. The highest BCUT2D eigenvalue weighted by atomic mass is 15.3. The summed E-state index contributed by atoms with van der Waals surface area (Å²) in [6, 6.07) is 12.3. The normalized spacial score (nSPS) is 12.0. The number of hydrogen-bond acceptors (Lipinski definition) is 3. The predicted octanol–water partition coefficient (Wildman–Crippen LogP) is 2.55. The van der Waals surface area contributed by atoms with Gasteiger partial charge in [-0.3, -0.25) is 0 Å². The summed E-state index contributed by atoms with van der Waals surface area (Å²) in [6.07, 6.45) is 2.01. The van der Waals surface area contributed by atoms with E-state index in [9.17, 15) is 0 Å². The molecule has 1 heterocycles. The van der Waals surface area contributed by atoms with Crippen molar-refractivity contribution in [3.63, 3.8) is 0 Å². The van der Waals surface area contributed by atoms with E-state index >= 15 is 0 Å². The van der Waals surface area contributed by atoms with E-state index in [1.54, 1.807) is 0 Å². The van der Waals surface area contributed by atoms with Crippen LogP contribution in [0.3, 0.4) is 0 Å². The van der Waals surface area contributed by atoms with Crippen molar-refractivity contribution in [2.24, 2.45) is 5.41 Å². The van der Waals surface area contributed by atoms with Crippen LogP contribution in [0.2, 0.25) is 0 Å². The number of nitrogens with one attached hydrogen (secondary N) is 1. The molecule has 2 aromatic rings. The summed E-state index contributed by atoms with van der Waals surface area (Å²) in [5.41, 5.74) is 2.42. The van der Waals surface area contributed by atoms with Crippen molar-refractivity contribution in [3.05, 3.63) is 48.3 Å². The molecule has 4 nitrogen and oxygen atoms in total. The summed E-state index contributed by atoms with van der Waals surface area (Å²) in [5.74, 6) is 0. The molecular formula is C17H26N4. The van der Waals surface area contributed by atoms with Gasteiger partial charge in [0.1, 0.15) is 0 Å².